The van der Waals surface area contributed by atoms with Crippen molar-refractivity contribution in [3.05, 3.63) is 24.0 Å². The van der Waals surface area contributed by atoms with Crippen LogP contribution < -0.4 is 5.32 Å². The maximum absolute atomic E-state index is 11.1. The van der Waals surface area contributed by atoms with Crippen LogP contribution in [0.25, 0.3) is 0 Å². The molecule has 0 aromatic carbocycles. The van der Waals surface area contributed by atoms with Gasteiger partial charge in [0.05, 0.1) is 0 Å². The fourth-order valence-electron chi connectivity index (χ4n) is 0.943. The van der Waals surface area contributed by atoms with Gasteiger partial charge in [-0.2, -0.15) is 0 Å². The molecule has 3 nitrogen and oxygen atoms in total. The van der Waals surface area contributed by atoms with Crippen LogP contribution in [0.1, 0.15) is 18.4 Å². The van der Waals surface area contributed by atoms with E-state index in [1.165, 1.54) is 0 Å². The third-order valence-electron chi connectivity index (χ3n) is 1.65. The quantitative estimate of drug-likeness (QED) is 0.661. The van der Waals surface area contributed by atoms with Crippen LogP contribution in [0.5, 0.6) is 0 Å². The summed E-state index contributed by atoms with van der Waals surface area (Å²) in [6.45, 7) is 0.562. The molecule has 0 bridgehead atoms. The van der Waals surface area contributed by atoms with Crippen molar-refractivity contribution in [2.24, 2.45) is 0 Å². The average Bonchev–Trinajstić information content (AvgIpc) is 2.64. The van der Waals surface area contributed by atoms with Crippen LogP contribution in [0, 0.1) is 12.3 Å². The topological polar surface area (TPSA) is 44.9 Å². The van der Waals surface area contributed by atoms with Gasteiger partial charge < -0.3 is 10.3 Å². The number of hydrogen-bond donors (Lipinski definition) is 2. The van der Waals surface area contributed by atoms with Crippen LogP contribution >= 0.6 is 0 Å². The molecule has 1 aromatic rings. The first-order valence-electron chi connectivity index (χ1n) is 4.15. The van der Waals surface area contributed by atoms with E-state index in [9.17, 15) is 4.79 Å². The first-order valence-corrected chi connectivity index (χ1v) is 4.15. The minimum Gasteiger partial charge on any atom is -0.367 e. The minimum absolute atomic E-state index is 0.000787. The summed E-state index contributed by atoms with van der Waals surface area (Å²) in [4.78, 5) is 14.0. The molecule has 1 heterocycles. The summed E-state index contributed by atoms with van der Waals surface area (Å²) in [5.74, 6) is 2.42. The smallest absolute Gasteiger partial charge is 0.221 e. The highest BCUT2D eigenvalue weighted by atomic mass is 16.1. The predicted octanol–water partition coefficient (Wildman–Crippen LogP) is 1.04. The van der Waals surface area contributed by atoms with Gasteiger partial charge in [0.15, 0.2) is 0 Å². The Kier molecular flexibility index (Phi) is 3.65. The Hall–Kier alpha value is -1.69. The Labute approximate surface area is 77.5 Å². The van der Waals surface area contributed by atoms with Gasteiger partial charge in [0.2, 0.25) is 5.91 Å². The molecule has 68 valence electrons. The van der Waals surface area contributed by atoms with Crippen molar-refractivity contribution in [3.8, 4) is 12.3 Å². The molecular formula is C10H12N2O. The number of amides is 1. The highest BCUT2D eigenvalue weighted by Gasteiger charge is 1.99. The summed E-state index contributed by atoms with van der Waals surface area (Å²) in [7, 11) is 0. The van der Waals surface area contributed by atoms with Gasteiger partial charge >= 0.3 is 0 Å². The lowest BCUT2D eigenvalue weighted by Crippen LogP contribution is -2.21. The van der Waals surface area contributed by atoms with E-state index in [0.29, 0.717) is 19.4 Å². The number of rotatable bonds is 4. The van der Waals surface area contributed by atoms with Crippen molar-refractivity contribution in [2.75, 3.05) is 0 Å². The van der Waals surface area contributed by atoms with Crippen molar-refractivity contribution in [3.63, 3.8) is 0 Å². The molecule has 0 atom stereocenters. The van der Waals surface area contributed by atoms with Crippen LogP contribution in [0.2, 0.25) is 0 Å². The van der Waals surface area contributed by atoms with Crippen molar-refractivity contribution in [1.29, 1.82) is 0 Å². The third-order valence-corrected chi connectivity index (χ3v) is 1.65. The number of hydrogen-bond acceptors (Lipinski definition) is 1. The van der Waals surface area contributed by atoms with E-state index in [1.54, 1.807) is 0 Å². The Bertz CT molecular complexity index is 295. The zero-order chi connectivity index (χ0) is 9.52. The molecule has 2 N–H and O–H groups in total. The lowest BCUT2D eigenvalue weighted by atomic mass is 10.3. The van der Waals surface area contributed by atoms with Crippen LogP contribution in [0.4, 0.5) is 0 Å². The lowest BCUT2D eigenvalue weighted by molar-refractivity contribution is -0.121. The fourth-order valence-corrected chi connectivity index (χ4v) is 0.943. The summed E-state index contributed by atoms with van der Waals surface area (Å²) in [6, 6.07) is 1.92. The molecule has 0 saturated heterocycles. The Morgan fingerprint density at radius 1 is 1.69 bits per heavy atom. The van der Waals surface area contributed by atoms with Crippen molar-refractivity contribution < 1.29 is 4.79 Å². The van der Waals surface area contributed by atoms with Gasteiger partial charge in [-0.05, 0) is 11.6 Å². The molecule has 0 aliphatic rings. The first kappa shape index (κ1) is 9.40. The van der Waals surface area contributed by atoms with E-state index in [1.807, 2.05) is 18.5 Å². The summed E-state index contributed by atoms with van der Waals surface area (Å²) in [5.41, 5.74) is 1.06. The third kappa shape index (κ3) is 3.48. The van der Waals surface area contributed by atoms with Gasteiger partial charge in [0.1, 0.15) is 0 Å². The highest BCUT2D eigenvalue weighted by Crippen LogP contribution is 1.95. The molecule has 0 fully saturated rings. The number of terminal acetylenes is 1. The minimum atomic E-state index is -0.000787. The SMILES string of the molecule is C#CCCC(=O)NCc1cc[nH]c1. The summed E-state index contributed by atoms with van der Waals surface area (Å²) >= 11 is 0. The Balaban J connectivity index is 2.20. The van der Waals surface area contributed by atoms with Crippen molar-refractivity contribution >= 4 is 5.91 Å². The molecule has 0 saturated carbocycles. The van der Waals surface area contributed by atoms with E-state index < -0.39 is 0 Å². The molecule has 0 radical (unpaired) electrons. The second-order valence-corrected chi connectivity index (χ2v) is 2.70. The van der Waals surface area contributed by atoms with E-state index in [-0.39, 0.29) is 5.91 Å². The fraction of sp³-hybridized carbons (Fsp3) is 0.300. The zero-order valence-corrected chi connectivity index (χ0v) is 7.34. The maximum atomic E-state index is 11.1. The van der Waals surface area contributed by atoms with Gasteiger partial charge in [0.25, 0.3) is 0 Å². The number of aromatic amines is 1. The second kappa shape index (κ2) is 5.04. The zero-order valence-electron chi connectivity index (χ0n) is 7.34. The number of aromatic nitrogens is 1. The normalized spacial score (nSPS) is 9.15. The van der Waals surface area contributed by atoms with Crippen LogP contribution in [-0.4, -0.2) is 10.9 Å². The number of H-pyrrole nitrogens is 1. The molecule has 0 unspecified atom stereocenters. The molecular weight excluding hydrogens is 164 g/mol. The van der Waals surface area contributed by atoms with Crippen LogP contribution in [0.3, 0.4) is 0 Å². The largest absolute Gasteiger partial charge is 0.367 e. The number of nitrogens with one attached hydrogen (secondary N) is 2. The summed E-state index contributed by atoms with van der Waals surface area (Å²) in [6.07, 6.45) is 9.61. The molecule has 1 aromatic heterocycles. The molecule has 13 heavy (non-hydrogen) atoms. The summed E-state index contributed by atoms with van der Waals surface area (Å²) < 4.78 is 0. The molecule has 1 amide bonds. The van der Waals surface area contributed by atoms with Gasteiger partial charge in [-0.1, -0.05) is 0 Å². The van der Waals surface area contributed by atoms with Gasteiger partial charge in [0, 0.05) is 31.8 Å². The monoisotopic (exact) mass is 176 g/mol. The number of carbonyl (C=O) groups excluding carboxylic acids is 1. The second-order valence-electron chi connectivity index (χ2n) is 2.70. The van der Waals surface area contributed by atoms with Crippen molar-refractivity contribution in [1.82, 2.24) is 10.3 Å². The van der Waals surface area contributed by atoms with Crippen molar-refractivity contribution in [2.45, 2.75) is 19.4 Å². The average molecular weight is 176 g/mol. The lowest BCUT2D eigenvalue weighted by Gasteiger charge is -2.00. The Morgan fingerprint density at radius 3 is 3.15 bits per heavy atom. The van der Waals surface area contributed by atoms with Gasteiger partial charge in [-0.3, -0.25) is 4.79 Å². The molecule has 3 heteroatoms. The van der Waals surface area contributed by atoms with Crippen LogP contribution in [-0.2, 0) is 11.3 Å². The summed E-state index contributed by atoms with van der Waals surface area (Å²) in [5, 5.41) is 2.77. The van der Waals surface area contributed by atoms with Crippen LogP contribution in [0.15, 0.2) is 18.5 Å². The van der Waals surface area contributed by atoms with E-state index in [0.717, 1.165) is 5.56 Å². The van der Waals surface area contributed by atoms with Gasteiger partial charge in [-0.15, -0.1) is 12.3 Å². The Morgan fingerprint density at radius 2 is 2.54 bits per heavy atom. The van der Waals surface area contributed by atoms with E-state index in [4.69, 9.17) is 6.42 Å². The van der Waals surface area contributed by atoms with E-state index >= 15 is 0 Å². The molecule has 0 spiro atoms. The van der Waals surface area contributed by atoms with E-state index in [2.05, 4.69) is 16.2 Å². The first-order chi connectivity index (χ1) is 6.33. The number of carbonyl (C=O) groups is 1. The highest BCUT2D eigenvalue weighted by molar-refractivity contribution is 5.76. The molecule has 1 rings (SSSR count). The predicted molar refractivity (Wildman–Crippen MR) is 50.7 cm³/mol. The molecule has 0 aliphatic carbocycles. The molecule has 0 aliphatic heterocycles. The van der Waals surface area contributed by atoms with Gasteiger partial charge in [-0.25, -0.2) is 0 Å². The standard InChI is InChI=1S/C10H12N2O/c1-2-3-4-10(13)12-8-9-5-6-11-7-9/h1,5-7,11H,3-4,8H2,(H,12,13). The maximum Gasteiger partial charge on any atom is 0.221 e.